The number of aromatic nitrogens is 1. The standard InChI is InChI=1S/C21H30N4O2S/c1-14(2)10-22-20(26)18-13-28-19(24-18)12-25(11-15(3)4)21(27)23-17-8-6-16(5)7-9-17/h6-9,13-15H,10-12H2,1-5H3,(H,22,26)(H,23,27). The van der Waals surface area contributed by atoms with E-state index in [-0.39, 0.29) is 11.9 Å². The summed E-state index contributed by atoms with van der Waals surface area (Å²) in [7, 11) is 0. The fourth-order valence-electron chi connectivity index (χ4n) is 2.54. The topological polar surface area (TPSA) is 74.3 Å². The Labute approximate surface area is 171 Å². The number of hydrogen-bond acceptors (Lipinski definition) is 4. The van der Waals surface area contributed by atoms with Crippen LogP contribution in [0, 0.1) is 18.8 Å². The molecule has 0 atom stereocenters. The van der Waals surface area contributed by atoms with E-state index in [0.717, 1.165) is 16.3 Å². The summed E-state index contributed by atoms with van der Waals surface area (Å²) < 4.78 is 0. The number of anilines is 1. The van der Waals surface area contributed by atoms with Crippen LogP contribution in [-0.4, -0.2) is 34.9 Å². The van der Waals surface area contributed by atoms with Crippen LogP contribution < -0.4 is 10.6 Å². The Bertz CT molecular complexity index is 784. The Kier molecular flexibility index (Phi) is 7.99. The van der Waals surface area contributed by atoms with Crippen molar-refractivity contribution >= 4 is 29.0 Å². The molecule has 3 amide bonds. The molecule has 1 aromatic heterocycles. The molecule has 0 aliphatic rings. The maximum absolute atomic E-state index is 12.8. The fraction of sp³-hybridized carbons (Fsp3) is 0.476. The number of carbonyl (C=O) groups excluding carboxylic acids is 2. The second kappa shape index (κ2) is 10.2. The number of nitrogens with zero attached hydrogens (tertiary/aromatic N) is 2. The molecule has 0 aliphatic heterocycles. The van der Waals surface area contributed by atoms with E-state index in [0.29, 0.717) is 37.2 Å². The van der Waals surface area contributed by atoms with Gasteiger partial charge in [-0.2, -0.15) is 0 Å². The van der Waals surface area contributed by atoms with Gasteiger partial charge in [-0.1, -0.05) is 45.4 Å². The Morgan fingerprint density at radius 1 is 1.11 bits per heavy atom. The highest BCUT2D eigenvalue weighted by Gasteiger charge is 2.19. The Balaban J connectivity index is 2.04. The minimum atomic E-state index is -0.171. The zero-order valence-electron chi connectivity index (χ0n) is 17.3. The van der Waals surface area contributed by atoms with Crippen LogP contribution in [0.15, 0.2) is 29.6 Å². The summed E-state index contributed by atoms with van der Waals surface area (Å²) in [6, 6.07) is 7.54. The van der Waals surface area contributed by atoms with Gasteiger partial charge < -0.3 is 15.5 Å². The average molecular weight is 403 g/mol. The number of hydrogen-bond donors (Lipinski definition) is 2. The van der Waals surface area contributed by atoms with Crippen LogP contribution >= 0.6 is 11.3 Å². The maximum atomic E-state index is 12.8. The smallest absolute Gasteiger partial charge is 0.322 e. The Morgan fingerprint density at radius 3 is 2.39 bits per heavy atom. The van der Waals surface area contributed by atoms with E-state index >= 15 is 0 Å². The Hall–Kier alpha value is -2.41. The van der Waals surface area contributed by atoms with Crippen molar-refractivity contribution in [1.29, 1.82) is 0 Å². The number of urea groups is 1. The Morgan fingerprint density at radius 2 is 1.79 bits per heavy atom. The monoisotopic (exact) mass is 402 g/mol. The predicted octanol–water partition coefficient (Wildman–Crippen LogP) is 4.53. The third-order valence-electron chi connectivity index (χ3n) is 3.96. The third kappa shape index (κ3) is 6.96. The van der Waals surface area contributed by atoms with Crippen molar-refractivity contribution in [3.05, 3.63) is 45.9 Å². The maximum Gasteiger partial charge on any atom is 0.322 e. The lowest BCUT2D eigenvalue weighted by Gasteiger charge is -2.24. The second-order valence-corrected chi connectivity index (χ2v) is 8.74. The van der Waals surface area contributed by atoms with Crippen molar-refractivity contribution < 1.29 is 9.59 Å². The summed E-state index contributed by atoms with van der Waals surface area (Å²) in [6.07, 6.45) is 0. The molecule has 0 saturated heterocycles. The van der Waals surface area contributed by atoms with E-state index in [9.17, 15) is 9.59 Å². The van der Waals surface area contributed by atoms with Crippen LogP contribution in [0.4, 0.5) is 10.5 Å². The van der Waals surface area contributed by atoms with Crippen LogP contribution in [-0.2, 0) is 6.54 Å². The molecule has 0 unspecified atom stereocenters. The largest absolute Gasteiger partial charge is 0.350 e. The number of carbonyl (C=O) groups is 2. The quantitative estimate of drug-likeness (QED) is 0.681. The summed E-state index contributed by atoms with van der Waals surface area (Å²) in [5, 5.41) is 8.30. The van der Waals surface area contributed by atoms with Crippen molar-refractivity contribution in [3.63, 3.8) is 0 Å². The molecule has 1 heterocycles. The molecule has 2 N–H and O–H groups in total. The van der Waals surface area contributed by atoms with Gasteiger partial charge in [0.1, 0.15) is 10.7 Å². The number of nitrogens with one attached hydrogen (secondary N) is 2. The zero-order valence-corrected chi connectivity index (χ0v) is 18.1. The highest BCUT2D eigenvalue weighted by atomic mass is 32.1. The lowest BCUT2D eigenvalue weighted by Crippen LogP contribution is -2.37. The molecule has 0 spiro atoms. The number of aryl methyl sites for hydroxylation is 1. The van der Waals surface area contributed by atoms with Gasteiger partial charge >= 0.3 is 6.03 Å². The van der Waals surface area contributed by atoms with Crippen LogP contribution in [0.1, 0.15) is 48.8 Å². The van der Waals surface area contributed by atoms with E-state index in [1.807, 2.05) is 45.0 Å². The van der Waals surface area contributed by atoms with Crippen LogP contribution in [0.25, 0.3) is 0 Å². The summed E-state index contributed by atoms with van der Waals surface area (Å²) in [5.41, 5.74) is 2.31. The summed E-state index contributed by atoms with van der Waals surface area (Å²) in [5.74, 6) is 0.530. The number of rotatable bonds is 8. The molecule has 1 aromatic carbocycles. The van der Waals surface area contributed by atoms with E-state index in [1.54, 1.807) is 10.3 Å². The van der Waals surface area contributed by atoms with Gasteiger partial charge in [0.15, 0.2) is 0 Å². The van der Waals surface area contributed by atoms with Gasteiger partial charge in [0, 0.05) is 24.2 Å². The first-order valence-corrected chi connectivity index (χ1v) is 10.5. The van der Waals surface area contributed by atoms with Gasteiger partial charge in [-0.15, -0.1) is 11.3 Å². The van der Waals surface area contributed by atoms with Crippen molar-refractivity contribution in [2.24, 2.45) is 11.8 Å². The lowest BCUT2D eigenvalue weighted by atomic mass is 10.2. The van der Waals surface area contributed by atoms with E-state index in [2.05, 4.69) is 29.5 Å². The van der Waals surface area contributed by atoms with E-state index in [1.165, 1.54) is 11.3 Å². The van der Waals surface area contributed by atoms with Gasteiger partial charge in [0.2, 0.25) is 0 Å². The molecule has 28 heavy (non-hydrogen) atoms. The average Bonchev–Trinajstić information content (AvgIpc) is 3.09. The molecule has 0 bridgehead atoms. The van der Waals surface area contributed by atoms with Gasteiger partial charge in [0.25, 0.3) is 5.91 Å². The first-order chi connectivity index (χ1) is 13.2. The molecule has 152 valence electrons. The highest BCUT2D eigenvalue weighted by molar-refractivity contribution is 7.09. The summed E-state index contributed by atoms with van der Waals surface area (Å²) in [4.78, 5) is 31.1. The fourth-order valence-corrected chi connectivity index (χ4v) is 3.33. The van der Waals surface area contributed by atoms with Gasteiger partial charge in [-0.05, 0) is 30.9 Å². The molecule has 6 nitrogen and oxygen atoms in total. The zero-order chi connectivity index (χ0) is 20.7. The molecule has 0 aliphatic carbocycles. The molecule has 7 heteroatoms. The molecular formula is C21H30N4O2S. The molecular weight excluding hydrogens is 372 g/mol. The van der Waals surface area contributed by atoms with Crippen molar-refractivity contribution in [2.75, 3.05) is 18.4 Å². The third-order valence-corrected chi connectivity index (χ3v) is 4.79. The number of benzene rings is 1. The molecule has 0 radical (unpaired) electrons. The van der Waals surface area contributed by atoms with Crippen molar-refractivity contribution in [1.82, 2.24) is 15.2 Å². The molecule has 0 saturated carbocycles. The highest BCUT2D eigenvalue weighted by Crippen LogP contribution is 2.16. The van der Waals surface area contributed by atoms with Gasteiger partial charge in [-0.3, -0.25) is 4.79 Å². The minimum Gasteiger partial charge on any atom is -0.350 e. The van der Waals surface area contributed by atoms with E-state index < -0.39 is 0 Å². The molecule has 2 rings (SSSR count). The van der Waals surface area contributed by atoms with Gasteiger partial charge in [-0.25, -0.2) is 9.78 Å². The summed E-state index contributed by atoms with van der Waals surface area (Å²) >= 11 is 1.40. The van der Waals surface area contributed by atoms with Crippen LogP contribution in [0.2, 0.25) is 0 Å². The van der Waals surface area contributed by atoms with Crippen molar-refractivity contribution in [3.8, 4) is 0 Å². The first kappa shape index (κ1) is 21.9. The minimum absolute atomic E-state index is 0.168. The first-order valence-electron chi connectivity index (χ1n) is 9.59. The van der Waals surface area contributed by atoms with Crippen LogP contribution in [0.5, 0.6) is 0 Å². The lowest BCUT2D eigenvalue weighted by molar-refractivity contribution is 0.0944. The normalized spacial score (nSPS) is 11.0. The molecule has 0 fully saturated rings. The molecule has 2 aromatic rings. The van der Waals surface area contributed by atoms with E-state index in [4.69, 9.17) is 0 Å². The van der Waals surface area contributed by atoms with Gasteiger partial charge in [0.05, 0.1) is 6.54 Å². The van der Waals surface area contributed by atoms with Crippen molar-refractivity contribution in [2.45, 2.75) is 41.2 Å². The summed E-state index contributed by atoms with van der Waals surface area (Å²) in [6.45, 7) is 11.8. The number of thiazole rings is 1. The SMILES string of the molecule is Cc1ccc(NC(=O)N(Cc2nc(C(=O)NCC(C)C)cs2)CC(C)C)cc1. The van der Waals surface area contributed by atoms with Crippen LogP contribution in [0.3, 0.4) is 0 Å². The predicted molar refractivity (Wildman–Crippen MR) is 115 cm³/mol. The number of amides is 3. The second-order valence-electron chi connectivity index (χ2n) is 7.80.